The van der Waals surface area contributed by atoms with Crippen molar-refractivity contribution < 1.29 is 9.90 Å². The third-order valence-corrected chi connectivity index (χ3v) is 2.83. The van der Waals surface area contributed by atoms with Gasteiger partial charge in [0.1, 0.15) is 5.75 Å². The number of rotatable bonds is 3. The number of phenols is 1. The number of amides is 1. The number of para-hydroxylation sites is 2. The number of alkyl halides is 1. The lowest BCUT2D eigenvalue weighted by molar-refractivity contribution is 0.102. The topological polar surface area (TPSA) is 49.3 Å². The lowest BCUT2D eigenvalue weighted by atomic mass is 10.1. The molecular weight excluding hydrogens is 250 g/mol. The second kappa shape index (κ2) is 5.56. The van der Waals surface area contributed by atoms with Gasteiger partial charge in [0.2, 0.25) is 0 Å². The third-order valence-electron chi connectivity index (χ3n) is 2.52. The summed E-state index contributed by atoms with van der Waals surface area (Å²) in [4.78, 5) is 11.9. The highest BCUT2D eigenvalue weighted by Crippen LogP contribution is 2.22. The lowest BCUT2D eigenvalue weighted by Gasteiger charge is -2.07. The van der Waals surface area contributed by atoms with E-state index in [2.05, 4.69) is 5.32 Å². The predicted molar refractivity (Wildman–Crippen MR) is 72.1 cm³/mol. The zero-order chi connectivity index (χ0) is 13.0. The van der Waals surface area contributed by atoms with Crippen molar-refractivity contribution in [2.24, 2.45) is 0 Å². The Morgan fingerprint density at radius 3 is 2.39 bits per heavy atom. The first-order valence-electron chi connectivity index (χ1n) is 5.45. The van der Waals surface area contributed by atoms with Crippen LogP contribution in [-0.4, -0.2) is 11.0 Å². The molecule has 0 aromatic heterocycles. The van der Waals surface area contributed by atoms with Gasteiger partial charge in [-0.3, -0.25) is 4.79 Å². The van der Waals surface area contributed by atoms with Gasteiger partial charge in [0, 0.05) is 11.4 Å². The van der Waals surface area contributed by atoms with E-state index in [-0.39, 0.29) is 11.7 Å². The molecule has 0 fully saturated rings. The van der Waals surface area contributed by atoms with Crippen molar-refractivity contribution in [3.05, 3.63) is 59.7 Å². The molecule has 0 heterocycles. The number of carbonyl (C=O) groups is 1. The van der Waals surface area contributed by atoms with Crippen molar-refractivity contribution in [2.45, 2.75) is 5.88 Å². The predicted octanol–water partition coefficient (Wildman–Crippen LogP) is 3.38. The first kappa shape index (κ1) is 12.5. The van der Waals surface area contributed by atoms with Crippen molar-refractivity contribution in [3.8, 4) is 5.75 Å². The fourth-order valence-corrected chi connectivity index (χ4v) is 1.70. The summed E-state index contributed by atoms with van der Waals surface area (Å²) in [5.74, 6) is 0.197. The van der Waals surface area contributed by atoms with Gasteiger partial charge in [-0.1, -0.05) is 24.3 Å². The molecule has 2 aromatic rings. The van der Waals surface area contributed by atoms with E-state index in [1.807, 2.05) is 0 Å². The second-order valence-corrected chi connectivity index (χ2v) is 4.07. The molecule has 18 heavy (non-hydrogen) atoms. The van der Waals surface area contributed by atoms with Gasteiger partial charge >= 0.3 is 0 Å². The Bertz CT molecular complexity index is 552. The standard InChI is InChI=1S/C14H12ClNO2/c15-9-10-5-7-11(8-6-10)14(18)16-12-3-1-2-4-13(12)17/h1-8,17H,9H2,(H,16,18). The van der Waals surface area contributed by atoms with Crippen molar-refractivity contribution in [3.63, 3.8) is 0 Å². The van der Waals surface area contributed by atoms with Gasteiger partial charge in [0.15, 0.2) is 0 Å². The van der Waals surface area contributed by atoms with Crippen LogP contribution in [-0.2, 0) is 5.88 Å². The number of benzene rings is 2. The SMILES string of the molecule is O=C(Nc1ccccc1O)c1ccc(CCl)cc1. The van der Waals surface area contributed by atoms with Crippen LogP contribution < -0.4 is 5.32 Å². The fraction of sp³-hybridized carbons (Fsp3) is 0.0714. The smallest absolute Gasteiger partial charge is 0.255 e. The van der Waals surface area contributed by atoms with Crippen molar-refractivity contribution in [1.29, 1.82) is 0 Å². The van der Waals surface area contributed by atoms with Crippen LogP contribution in [0.15, 0.2) is 48.5 Å². The third kappa shape index (κ3) is 2.81. The quantitative estimate of drug-likeness (QED) is 0.657. The number of aromatic hydroxyl groups is 1. The van der Waals surface area contributed by atoms with Crippen LogP contribution in [0.25, 0.3) is 0 Å². The summed E-state index contributed by atoms with van der Waals surface area (Å²) in [7, 11) is 0. The van der Waals surface area contributed by atoms with Crippen LogP contribution in [0.3, 0.4) is 0 Å². The van der Waals surface area contributed by atoms with Crippen LogP contribution in [0.5, 0.6) is 5.75 Å². The molecule has 0 atom stereocenters. The largest absolute Gasteiger partial charge is 0.506 e. The summed E-state index contributed by atoms with van der Waals surface area (Å²) in [6, 6.07) is 13.6. The first-order chi connectivity index (χ1) is 8.70. The number of nitrogens with one attached hydrogen (secondary N) is 1. The summed E-state index contributed by atoms with van der Waals surface area (Å²) < 4.78 is 0. The van der Waals surface area contributed by atoms with E-state index in [0.29, 0.717) is 17.1 Å². The van der Waals surface area contributed by atoms with E-state index in [9.17, 15) is 9.90 Å². The van der Waals surface area contributed by atoms with E-state index in [4.69, 9.17) is 11.6 Å². The van der Waals surface area contributed by atoms with Crippen molar-refractivity contribution in [2.75, 3.05) is 5.32 Å². The lowest BCUT2D eigenvalue weighted by Crippen LogP contribution is -2.11. The van der Waals surface area contributed by atoms with E-state index in [1.165, 1.54) is 6.07 Å². The molecule has 0 saturated heterocycles. The molecule has 0 bridgehead atoms. The molecule has 2 N–H and O–H groups in total. The Balaban J connectivity index is 2.14. The normalized spacial score (nSPS) is 10.1. The molecule has 0 radical (unpaired) electrons. The Kier molecular flexibility index (Phi) is 3.85. The maximum Gasteiger partial charge on any atom is 0.255 e. The number of phenolic OH excluding ortho intramolecular Hbond substituents is 1. The van der Waals surface area contributed by atoms with E-state index >= 15 is 0 Å². The first-order valence-corrected chi connectivity index (χ1v) is 5.98. The van der Waals surface area contributed by atoms with E-state index in [1.54, 1.807) is 42.5 Å². The summed E-state index contributed by atoms with van der Waals surface area (Å²) >= 11 is 5.68. The van der Waals surface area contributed by atoms with Gasteiger partial charge < -0.3 is 10.4 Å². The highest BCUT2D eigenvalue weighted by molar-refractivity contribution is 6.17. The van der Waals surface area contributed by atoms with Crippen LogP contribution in [0.1, 0.15) is 15.9 Å². The van der Waals surface area contributed by atoms with E-state index < -0.39 is 0 Å². The van der Waals surface area contributed by atoms with Crippen LogP contribution >= 0.6 is 11.6 Å². The maximum absolute atomic E-state index is 11.9. The van der Waals surface area contributed by atoms with Crippen molar-refractivity contribution in [1.82, 2.24) is 0 Å². The highest BCUT2D eigenvalue weighted by atomic mass is 35.5. The highest BCUT2D eigenvalue weighted by Gasteiger charge is 2.08. The molecule has 0 aliphatic rings. The summed E-state index contributed by atoms with van der Waals surface area (Å²) in [6.45, 7) is 0. The fourth-order valence-electron chi connectivity index (χ4n) is 1.52. The zero-order valence-electron chi connectivity index (χ0n) is 9.56. The molecule has 0 saturated carbocycles. The molecule has 0 unspecified atom stereocenters. The number of carbonyl (C=O) groups excluding carboxylic acids is 1. The monoisotopic (exact) mass is 261 g/mol. The van der Waals surface area contributed by atoms with Crippen LogP contribution in [0.4, 0.5) is 5.69 Å². The van der Waals surface area contributed by atoms with E-state index in [0.717, 1.165) is 5.56 Å². The van der Waals surface area contributed by atoms with Gasteiger partial charge in [-0.15, -0.1) is 11.6 Å². The molecular formula is C14H12ClNO2. The summed E-state index contributed by atoms with van der Waals surface area (Å²) in [5, 5.41) is 12.2. The molecule has 0 aliphatic heterocycles. The average Bonchev–Trinajstić information content (AvgIpc) is 2.41. The molecule has 1 amide bonds. The Hall–Kier alpha value is -2.00. The molecule has 0 aliphatic carbocycles. The minimum absolute atomic E-state index is 0.0447. The second-order valence-electron chi connectivity index (χ2n) is 3.80. The van der Waals surface area contributed by atoms with Crippen LogP contribution in [0.2, 0.25) is 0 Å². The summed E-state index contributed by atoms with van der Waals surface area (Å²) in [6.07, 6.45) is 0. The molecule has 4 heteroatoms. The minimum Gasteiger partial charge on any atom is -0.506 e. The zero-order valence-corrected chi connectivity index (χ0v) is 10.3. The van der Waals surface area contributed by atoms with Crippen molar-refractivity contribution >= 4 is 23.2 Å². The number of anilines is 1. The Labute approximate surface area is 110 Å². The van der Waals surface area contributed by atoms with Gasteiger partial charge in [-0.2, -0.15) is 0 Å². The summed E-state index contributed by atoms with van der Waals surface area (Å²) in [5.41, 5.74) is 1.87. The number of hydrogen-bond acceptors (Lipinski definition) is 2. The number of hydrogen-bond donors (Lipinski definition) is 2. The molecule has 92 valence electrons. The van der Waals surface area contributed by atoms with Crippen LogP contribution in [0, 0.1) is 0 Å². The maximum atomic E-state index is 11.9. The Morgan fingerprint density at radius 1 is 1.11 bits per heavy atom. The number of halogens is 1. The van der Waals surface area contributed by atoms with Gasteiger partial charge in [-0.25, -0.2) is 0 Å². The minimum atomic E-state index is -0.266. The average molecular weight is 262 g/mol. The molecule has 2 aromatic carbocycles. The molecule has 3 nitrogen and oxygen atoms in total. The Morgan fingerprint density at radius 2 is 1.78 bits per heavy atom. The molecule has 0 spiro atoms. The van der Waals surface area contributed by atoms with Gasteiger partial charge in [0.25, 0.3) is 5.91 Å². The molecule has 2 rings (SSSR count). The van der Waals surface area contributed by atoms with Gasteiger partial charge in [-0.05, 0) is 29.8 Å². The van der Waals surface area contributed by atoms with Gasteiger partial charge in [0.05, 0.1) is 5.69 Å².